The van der Waals surface area contributed by atoms with E-state index in [4.69, 9.17) is 10.5 Å². The molecule has 0 heterocycles. The molecule has 1 amide bonds. The summed E-state index contributed by atoms with van der Waals surface area (Å²) in [6, 6.07) is -0.537. The van der Waals surface area contributed by atoms with Gasteiger partial charge in [0.15, 0.2) is 0 Å². The summed E-state index contributed by atoms with van der Waals surface area (Å²) in [5.74, 6) is -0.509. The molecule has 0 fully saturated rings. The molecule has 0 aromatic carbocycles. The van der Waals surface area contributed by atoms with Gasteiger partial charge in [-0.25, -0.2) is 4.79 Å². The molecule has 0 aromatic heterocycles. The van der Waals surface area contributed by atoms with Gasteiger partial charge >= 0.3 is 5.97 Å². The molecular weight excluding hydrogens is 388 g/mol. The summed E-state index contributed by atoms with van der Waals surface area (Å²) in [5, 5.41) is 2.69. The number of nitrogens with one attached hydrogen (secondary N) is 1. The van der Waals surface area contributed by atoms with Crippen molar-refractivity contribution in [3.05, 3.63) is 0 Å². The summed E-state index contributed by atoms with van der Waals surface area (Å²) in [6.45, 7) is 4.75. The maximum atomic E-state index is 12.2. The zero-order chi connectivity index (χ0) is 23.0. The highest BCUT2D eigenvalue weighted by atomic mass is 16.5. The molecule has 0 saturated heterocycles. The molecule has 31 heavy (non-hydrogen) atoms. The third kappa shape index (κ3) is 21.9. The molecule has 1 atom stereocenters. The lowest BCUT2D eigenvalue weighted by molar-refractivity contribution is -0.148. The van der Waals surface area contributed by atoms with Crippen LogP contribution in [0.5, 0.6) is 0 Å². The minimum atomic E-state index is -0.537. The first-order valence-electron chi connectivity index (χ1n) is 13.3. The first-order chi connectivity index (χ1) is 15.1. The summed E-state index contributed by atoms with van der Waals surface area (Å²) < 4.78 is 5.37. The Morgan fingerprint density at radius 1 is 0.710 bits per heavy atom. The van der Waals surface area contributed by atoms with Gasteiger partial charge in [-0.3, -0.25) is 4.79 Å². The van der Waals surface area contributed by atoms with Crippen LogP contribution in [0.3, 0.4) is 0 Å². The molecule has 0 rings (SSSR count). The molecule has 0 bridgehead atoms. The summed E-state index contributed by atoms with van der Waals surface area (Å²) >= 11 is 0. The average Bonchev–Trinajstić information content (AvgIpc) is 2.75. The summed E-state index contributed by atoms with van der Waals surface area (Å²) in [7, 11) is 0. The zero-order valence-corrected chi connectivity index (χ0v) is 20.7. The topological polar surface area (TPSA) is 81.4 Å². The third-order valence-corrected chi connectivity index (χ3v) is 5.85. The fourth-order valence-electron chi connectivity index (χ4n) is 3.91. The van der Waals surface area contributed by atoms with Crippen molar-refractivity contribution in [3.63, 3.8) is 0 Å². The third-order valence-electron chi connectivity index (χ3n) is 5.85. The van der Waals surface area contributed by atoms with E-state index in [0.717, 1.165) is 25.7 Å². The Labute approximate surface area is 192 Å². The van der Waals surface area contributed by atoms with Crippen LogP contribution in [0.2, 0.25) is 0 Å². The average molecular weight is 441 g/mol. The second-order valence-corrected chi connectivity index (χ2v) is 9.01. The van der Waals surface area contributed by atoms with E-state index in [-0.39, 0.29) is 11.9 Å². The summed E-state index contributed by atoms with van der Waals surface area (Å²) in [6.07, 6.45) is 23.5. The lowest BCUT2D eigenvalue weighted by Crippen LogP contribution is -2.40. The Hall–Kier alpha value is -1.10. The molecule has 0 aliphatic heterocycles. The fraction of sp³-hybridized carbons (Fsp3) is 0.923. The van der Waals surface area contributed by atoms with E-state index in [9.17, 15) is 9.59 Å². The summed E-state index contributed by atoms with van der Waals surface area (Å²) in [5.41, 5.74) is 5.50. The Morgan fingerprint density at radius 2 is 1.16 bits per heavy atom. The van der Waals surface area contributed by atoms with Gasteiger partial charge in [0.05, 0.1) is 6.61 Å². The van der Waals surface area contributed by atoms with Crippen LogP contribution in [0.1, 0.15) is 136 Å². The van der Waals surface area contributed by atoms with Gasteiger partial charge in [-0.2, -0.15) is 0 Å². The number of hydrogen-bond acceptors (Lipinski definition) is 4. The Balaban J connectivity index is 3.45. The zero-order valence-electron chi connectivity index (χ0n) is 20.7. The van der Waals surface area contributed by atoms with Crippen molar-refractivity contribution < 1.29 is 14.3 Å². The van der Waals surface area contributed by atoms with Crippen LogP contribution in [0.4, 0.5) is 0 Å². The molecule has 5 nitrogen and oxygen atoms in total. The lowest BCUT2D eigenvalue weighted by Gasteiger charge is -2.16. The van der Waals surface area contributed by atoms with Gasteiger partial charge in [-0.15, -0.1) is 0 Å². The molecule has 0 radical (unpaired) electrons. The number of esters is 1. The number of nitrogens with two attached hydrogens (primary N) is 1. The smallest absolute Gasteiger partial charge is 0.328 e. The highest BCUT2D eigenvalue weighted by Crippen LogP contribution is 2.14. The van der Waals surface area contributed by atoms with Crippen LogP contribution in [0, 0.1) is 0 Å². The molecule has 0 spiro atoms. The van der Waals surface area contributed by atoms with Crippen LogP contribution in [0.25, 0.3) is 0 Å². The number of amides is 1. The maximum absolute atomic E-state index is 12.2. The predicted molar refractivity (Wildman–Crippen MR) is 131 cm³/mol. The van der Waals surface area contributed by atoms with Gasteiger partial charge < -0.3 is 15.8 Å². The summed E-state index contributed by atoms with van der Waals surface area (Å²) in [4.78, 5) is 23.4. The van der Waals surface area contributed by atoms with E-state index in [1.54, 1.807) is 0 Å². The van der Waals surface area contributed by atoms with Gasteiger partial charge in [0.2, 0.25) is 5.91 Å². The second kappa shape index (κ2) is 23.6. The van der Waals surface area contributed by atoms with Crippen molar-refractivity contribution in [2.75, 3.05) is 13.2 Å². The maximum Gasteiger partial charge on any atom is 0.328 e. The van der Waals surface area contributed by atoms with Crippen LogP contribution in [0.15, 0.2) is 0 Å². The largest absolute Gasteiger partial charge is 0.464 e. The molecule has 0 aromatic rings. The van der Waals surface area contributed by atoms with Crippen molar-refractivity contribution in [1.29, 1.82) is 0 Å². The van der Waals surface area contributed by atoms with E-state index < -0.39 is 6.04 Å². The van der Waals surface area contributed by atoms with Crippen molar-refractivity contribution in [2.24, 2.45) is 5.73 Å². The van der Waals surface area contributed by atoms with Gasteiger partial charge in [-0.05, 0) is 32.2 Å². The minimum Gasteiger partial charge on any atom is -0.464 e. The van der Waals surface area contributed by atoms with E-state index in [1.165, 1.54) is 96.8 Å². The molecule has 0 aliphatic carbocycles. The van der Waals surface area contributed by atoms with E-state index >= 15 is 0 Å². The van der Waals surface area contributed by atoms with Crippen LogP contribution in [-0.4, -0.2) is 31.1 Å². The van der Waals surface area contributed by atoms with Crippen LogP contribution in [-0.2, 0) is 14.3 Å². The Morgan fingerprint density at radius 3 is 1.58 bits per heavy atom. The van der Waals surface area contributed by atoms with Gasteiger partial charge in [0, 0.05) is 6.92 Å². The number of ether oxygens (including phenoxy) is 1. The monoisotopic (exact) mass is 440 g/mol. The number of carbonyl (C=O) groups excluding carboxylic acids is 2. The molecular formula is C26H52N2O3. The van der Waals surface area contributed by atoms with Crippen LogP contribution >= 0.6 is 0 Å². The highest BCUT2D eigenvalue weighted by molar-refractivity contribution is 5.83. The van der Waals surface area contributed by atoms with Gasteiger partial charge in [0.1, 0.15) is 6.04 Å². The van der Waals surface area contributed by atoms with Gasteiger partial charge in [-0.1, -0.05) is 103 Å². The molecule has 0 unspecified atom stereocenters. The number of carbonyl (C=O) groups is 2. The van der Waals surface area contributed by atoms with E-state index in [0.29, 0.717) is 19.6 Å². The van der Waals surface area contributed by atoms with Gasteiger partial charge in [0.25, 0.3) is 0 Å². The Bertz CT molecular complexity index is 415. The fourth-order valence-corrected chi connectivity index (χ4v) is 3.91. The molecule has 0 saturated carbocycles. The second-order valence-electron chi connectivity index (χ2n) is 9.01. The molecule has 0 aliphatic rings. The SMILES string of the molecule is CCCCCCCCCCCCCCCCCCOC(=O)[C@H](CCCCN)NC(C)=O. The minimum absolute atomic E-state index is 0.197. The number of unbranched alkanes of at least 4 members (excludes halogenated alkanes) is 16. The quantitative estimate of drug-likeness (QED) is 0.142. The highest BCUT2D eigenvalue weighted by Gasteiger charge is 2.20. The first kappa shape index (κ1) is 29.9. The van der Waals surface area contributed by atoms with E-state index in [2.05, 4.69) is 12.2 Å². The normalized spacial score (nSPS) is 12.0. The lowest BCUT2D eigenvalue weighted by atomic mass is 10.0. The van der Waals surface area contributed by atoms with Crippen molar-refractivity contribution in [2.45, 2.75) is 142 Å². The van der Waals surface area contributed by atoms with E-state index in [1.807, 2.05) is 0 Å². The number of hydrogen-bond donors (Lipinski definition) is 2. The van der Waals surface area contributed by atoms with Crippen molar-refractivity contribution >= 4 is 11.9 Å². The van der Waals surface area contributed by atoms with Crippen LogP contribution < -0.4 is 11.1 Å². The molecule has 5 heteroatoms. The first-order valence-corrected chi connectivity index (χ1v) is 13.3. The number of rotatable bonds is 23. The van der Waals surface area contributed by atoms with Crippen molar-refractivity contribution in [3.8, 4) is 0 Å². The van der Waals surface area contributed by atoms with Crippen molar-refractivity contribution in [1.82, 2.24) is 5.32 Å². The standard InChI is InChI=1S/C26H52N2O3/c1-3-4-5-6-7-8-9-10-11-12-13-14-15-16-17-20-23-31-26(30)25(28-24(2)29)21-18-19-22-27/h25H,3-23,27H2,1-2H3,(H,28,29)/t25-/m0/s1. The Kier molecular flexibility index (Phi) is 22.7. The molecule has 3 N–H and O–H groups in total. The predicted octanol–water partition coefficient (Wildman–Crippen LogP) is 6.42. The molecule has 184 valence electrons.